The molecule has 1 amide bonds. The van der Waals surface area contributed by atoms with Crippen LogP contribution in [0.2, 0.25) is 0 Å². The van der Waals surface area contributed by atoms with Gasteiger partial charge < -0.3 is 5.32 Å². The number of hydrogen-bond donors (Lipinski definition) is 1. The summed E-state index contributed by atoms with van der Waals surface area (Å²) in [6.45, 7) is 8.73. The van der Waals surface area contributed by atoms with Crippen molar-refractivity contribution in [3.05, 3.63) is 51.8 Å². The number of hydrogen-bond acceptors (Lipinski definition) is 6. The zero-order valence-electron chi connectivity index (χ0n) is 18.8. The number of benzene rings is 1. The Balaban J connectivity index is 1.49. The fourth-order valence-electron chi connectivity index (χ4n) is 3.86. The van der Waals surface area contributed by atoms with Crippen molar-refractivity contribution in [2.24, 2.45) is 0 Å². The molecular weight excluding hydrogens is 444 g/mol. The molecule has 2 aromatic heterocycles. The third kappa shape index (κ3) is 4.29. The van der Waals surface area contributed by atoms with Crippen LogP contribution in [0.4, 0.5) is 0 Å². The highest BCUT2D eigenvalue weighted by molar-refractivity contribution is 7.89. The van der Waals surface area contributed by atoms with E-state index in [-0.39, 0.29) is 10.8 Å². The van der Waals surface area contributed by atoms with Gasteiger partial charge in [0.25, 0.3) is 5.91 Å². The number of amides is 1. The second kappa shape index (κ2) is 8.88. The number of aromatic nitrogens is 2. The Hall–Kier alpha value is -2.36. The zero-order chi connectivity index (χ0) is 23.0. The molecule has 1 aliphatic carbocycles. The van der Waals surface area contributed by atoms with Crippen LogP contribution < -0.4 is 5.32 Å². The summed E-state index contributed by atoms with van der Waals surface area (Å²) in [5.74, 6) is 1.20. The minimum atomic E-state index is -3.49. The number of rotatable bonds is 8. The molecule has 1 aliphatic rings. The summed E-state index contributed by atoms with van der Waals surface area (Å²) in [7, 11) is -3.49. The lowest BCUT2D eigenvalue weighted by atomic mass is 10.1. The molecule has 4 rings (SSSR count). The highest BCUT2D eigenvalue weighted by Crippen LogP contribution is 2.40. The summed E-state index contributed by atoms with van der Waals surface area (Å²) in [5, 5.41) is 3.92. The third-order valence-electron chi connectivity index (χ3n) is 5.86. The predicted octanol–water partition coefficient (Wildman–Crippen LogP) is 4.15. The lowest BCUT2D eigenvalue weighted by Gasteiger charge is -2.18. The molecule has 2 heterocycles. The maximum absolute atomic E-state index is 12.9. The van der Waals surface area contributed by atoms with Crippen LogP contribution in [-0.4, -0.2) is 41.7 Å². The summed E-state index contributed by atoms with van der Waals surface area (Å²) in [4.78, 5) is 24.0. The normalized spacial score (nSPS) is 14.3. The highest BCUT2D eigenvalue weighted by Gasteiger charge is 2.28. The Morgan fingerprint density at radius 2 is 1.78 bits per heavy atom. The molecule has 0 spiro atoms. The van der Waals surface area contributed by atoms with Crippen LogP contribution in [0.15, 0.2) is 29.2 Å². The first-order valence-corrected chi connectivity index (χ1v) is 13.2. The minimum Gasteiger partial charge on any atom is -0.347 e. The first-order valence-electron chi connectivity index (χ1n) is 10.9. The SMILES string of the molecule is CCN(CC)S(=O)(=O)c1ccc(CNC(=O)c2sc3nc(C4CC4)nc(C)c3c2C)cc1. The summed E-state index contributed by atoms with van der Waals surface area (Å²) in [5.41, 5.74) is 2.67. The molecule has 0 saturated heterocycles. The molecule has 1 fully saturated rings. The van der Waals surface area contributed by atoms with E-state index in [1.54, 1.807) is 24.3 Å². The fourth-order valence-corrected chi connectivity index (χ4v) is 6.47. The number of nitrogens with zero attached hydrogens (tertiary/aromatic N) is 3. The van der Waals surface area contributed by atoms with Gasteiger partial charge in [-0.1, -0.05) is 26.0 Å². The Bertz CT molecular complexity index is 1260. The predicted molar refractivity (Wildman–Crippen MR) is 127 cm³/mol. The van der Waals surface area contributed by atoms with Gasteiger partial charge in [0.05, 0.1) is 15.5 Å². The number of sulfonamides is 1. The largest absolute Gasteiger partial charge is 0.347 e. The van der Waals surface area contributed by atoms with Crippen molar-refractivity contribution >= 4 is 37.5 Å². The number of carbonyl (C=O) groups is 1. The average Bonchev–Trinajstić information content (AvgIpc) is 3.56. The highest BCUT2D eigenvalue weighted by atomic mass is 32.2. The summed E-state index contributed by atoms with van der Waals surface area (Å²) < 4.78 is 26.7. The molecule has 3 aromatic rings. The van der Waals surface area contributed by atoms with Gasteiger partial charge >= 0.3 is 0 Å². The van der Waals surface area contributed by atoms with Crippen molar-refractivity contribution in [3.8, 4) is 0 Å². The van der Waals surface area contributed by atoms with Crippen molar-refractivity contribution in [3.63, 3.8) is 0 Å². The fraction of sp³-hybridized carbons (Fsp3) is 0.435. The van der Waals surface area contributed by atoms with Gasteiger partial charge in [-0.05, 0) is 49.9 Å². The molecule has 7 nitrogen and oxygen atoms in total. The number of carbonyl (C=O) groups excluding carboxylic acids is 1. The van der Waals surface area contributed by atoms with E-state index in [0.717, 1.165) is 45.7 Å². The minimum absolute atomic E-state index is 0.155. The van der Waals surface area contributed by atoms with Crippen LogP contribution in [0.1, 0.15) is 64.9 Å². The maximum atomic E-state index is 12.9. The molecular formula is C23H28N4O3S2. The second-order valence-corrected chi connectivity index (χ2v) is 11.0. The van der Waals surface area contributed by atoms with Crippen molar-refractivity contribution in [1.82, 2.24) is 19.6 Å². The monoisotopic (exact) mass is 472 g/mol. The zero-order valence-corrected chi connectivity index (χ0v) is 20.4. The van der Waals surface area contributed by atoms with Gasteiger partial charge in [-0.2, -0.15) is 4.31 Å². The number of thiophene rings is 1. The quantitative estimate of drug-likeness (QED) is 0.532. The molecule has 9 heteroatoms. The smallest absolute Gasteiger partial charge is 0.261 e. The van der Waals surface area contributed by atoms with Gasteiger partial charge in [-0.15, -0.1) is 11.3 Å². The Morgan fingerprint density at radius 3 is 2.38 bits per heavy atom. The molecule has 0 aliphatic heterocycles. The standard InChI is InChI=1S/C23H28N4O3S2/c1-5-27(6-2)32(29,30)18-11-7-16(8-12-18)13-24-22(28)20-14(3)19-15(4)25-21(17-9-10-17)26-23(19)31-20/h7-8,11-12,17H,5-6,9-10,13H2,1-4H3,(H,24,28). The van der Waals surface area contributed by atoms with Crippen molar-refractivity contribution in [2.45, 2.75) is 57.9 Å². The average molecular weight is 473 g/mol. The topological polar surface area (TPSA) is 92.3 Å². The number of fused-ring (bicyclic) bond motifs is 1. The first kappa shape index (κ1) is 22.8. The van der Waals surface area contributed by atoms with Crippen LogP contribution in [-0.2, 0) is 16.6 Å². The van der Waals surface area contributed by atoms with E-state index in [1.807, 2.05) is 27.7 Å². The van der Waals surface area contributed by atoms with Gasteiger partial charge in [0.2, 0.25) is 10.0 Å². The van der Waals surface area contributed by atoms with Crippen LogP contribution in [0, 0.1) is 13.8 Å². The second-order valence-electron chi connectivity index (χ2n) is 8.09. The summed E-state index contributed by atoms with van der Waals surface area (Å²) in [6.07, 6.45) is 2.27. The van der Waals surface area contributed by atoms with Crippen molar-refractivity contribution in [1.29, 1.82) is 0 Å². The van der Waals surface area contributed by atoms with Crippen LogP contribution in [0.25, 0.3) is 10.2 Å². The van der Waals surface area contributed by atoms with E-state index in [4.69, 9.17) is 4.98 Å². The first-order chi connectivity index (χ1) is 15.3. The lowest BCUT2D eigenvalue weighted by Crippen LogP contribution is -2.30. The van der Waals surface area contributed by atoms with Crippen LogP contribution >= 0.6 is 11.3 Å². The molecule has 1 saturated carbocycles. The summed E-state index contributed by atoms with van der Waals surface area (Å²) in [6, 6.07) is 6.67. The molecule has 0 atom stereocenters. The Labute approximate surface area is 192 Å². The van der Waals surface area contributed by atoms with Gasteiger partial charge in [0.15, 0.2) is 0 Å². The lowest BCUT2D eigenvalue weighted by molar-refractivity contribution is 0.0954. The van der Waals surface area contributed by atoms with Crippen molar-refractivity contribution < 1.29 is 13.2 Å². The molecule has 32 heavy (non-hydrogen) atoms. The van der Waals surface area contributed by atoms with Gasteiger partial charge in [-0.3, -0.25) is 4.79 Å². The maximum Gasteiger partial charge on any atom is 0.261 e. The molecule has 1 aromatic carbocycles. The van der Waals surface area contributed by atoms with E-state index >= 15 is 0 Å². The number of nitrogens with one attached hydrogen (secondary N) is 1. The Kier molecular flexibility index (Phi) is 6.33. The van der Waals surface area contributed by atoms with E-state index in [1.165, 1.54) is 15.6 Å². The third-order valence-corrected chi connectivity index (χ3v) is 9.11. The molecule has 1 N–H and O–H groups in total. The van der Waals surface area contributed by atoms with E-state index < -0.39 is 10.0 Å². The van der Waals surface area contributed by atoms with Gasteiger partial charge in [0.1, 0.15) is 10.7 Å². The van der Waals surface area contributed by atoms with E-state index in [0.29, 0.717) is 30.4 Å². The molecule has 0 unspecified atom stereocenters. The van der Waals surface area contributed by atoms with Gasteiger partial charge in [-0.25, -0.2) is 18.4 Å². The van der Waals surface area contributed by atoms with E-state index in [9.17, 15) is 13.2 Å². The van der Waals surface area contributed by atoms with Gasteiger partial charge in [0, 0.05) is 30.9 Å². The molecule has 0 bridgehead atoms. The van der Waals surface area contributed by atoms with Crippen LogP contribution in [0.5, 0.6) is 0 Å². The number of aryl methyl sites for hydroxylation is 2. The molecule has 170 valence electrons. The van der Waals surface area contributed by atoms with E-state index in [2.05, 4.69) is 10.3 Å². The van der Waals surface area contributed by atoms with Crippen molar-refractivity contribution in [2.75, 3.05) is 13.1 Å². The molecule has 0 radical (unpaired) electrons. The summed E-state index contributed by atoms with van der Waals surface area (Å²) >= 11 is 1.41. The Morgan fingerprint density at radius 1 is 1.12 bits per heavy atom. The van der Waals surface area contributed by atoms with Crippen LogP contribution in [0.3, 0.4) is 0 Å².